The molecule has 0 aromatic carbocycles. The quantitative estimate of drug-likeness (QED) is 0.549. The van der Waals surface area contributed by atoms with Crippen molar-refractivity contribution in [2.45, 2.75) is 25.7 Å². The summed E-state index contributed by atoms with van der Waals surface area (Å²) >= 11 is 0. The maximum atomic E-state index is 5.31. The first kappa shape index (κ1) is 8.92. The molecule has 2 N–H and O–H groups in total. The first-order valence-electron chi connectivity index (χ1n) is 3.61. The number of ether oxygens (including phenoxy) is 1. The normalized spacial score (nSPS) is 10.0. The van der Waals surface area contributed by atoms with Crippen molar-refractivity contribution in [1.82, 2.24) is 0 Å². The van der Waals surface area contributed by atoms with Crippen LogP contribution in [0.1, 0.15) is 25.7 Å². The molecule has 2 heteroatoms. The molecule has 9 heavy (non-hydrogen) atoms. The summed E-state index contributed by atoms with van der Waals surface area (Å²) in [6.45, 7) is 1.72. The van der Waals surface area contributed by atoms with Gasteiger partial charge in [0, 0.05) is 13.7 Å². The van der Waals surface area contributed by atoms with Crippen LogP contribution in [0, 0.1) is 0 Å². The zero-order valence-electron chi connectivity index (χ0n) is 6.23. The molecule has 56 valence electrons. The van der Waals surface area contributed by atoms with E-state index in [9.17, 15) is 0 Å². The largest absolute Gasteiger partial charge is 0.385 e. The van der Waals surface area contributed by atoms with E-state index in [0.717, 1.165) is 19.6 Å². The van der Waals surface area contributed by atoms with E-state index in [2.05, 4.69) is 0 Å². The zero-order valence-corrected chi connectivity index (χ0v) is 6.23. The number of nitrogens with two attached hydrogens (primary N) is 1. The second kappa shape index (κ2) is 7.92. The summed E-state index contributed by atoms with van der Waals surface area (Å²) in [7, 11) is 1.74. The monoisotopic (exact) mass is 131 g/mol. The number of rotatable bonds is 6. The average Bonchev–Trinajstić information content (AvgIpc) is 1.89. The Morgan fingerprint density at radius 3 is 2.33 bits per heavy atom. The van der Waals surface area contributed by atoms with Crippen LogP contribution in [0.5, 0.6) is 0 Å². The Morgan fingerprint density at radius 1 is 1.11 bits per heavy atom. The van der Waals surface area contributed by atoms with Gasteiger partial charge in [-0.3, -0.25) is 0 Å². The highest BCUT2D eigenvalue weighted by Gasteiger charge is 1.85. The molecule has 0 aromatic heterocycles. The molecule has 0 bridgehead atoms. The molecule has 2 nitrogen and oxygen atoms in total. The Balaban J connectivity index is 2.60. The molecule has 0 fully saturated rings. The first-order chi connectivity index (χ1) is 4.41. The molecule has 0 unspecified atom stereocenters. The van der Waals surface area contributed by atoms with Crippen LogP contribution < -0.4 is 5.73 Å². The molecule has 0 heterocycles. The maximum Gasteiger partial charge on any atom is 0.0462 e. The van der Waals surface area contributed by atoms with Gasteiger partial charge >= 0.3 is 0 Å². The van der Waals surface area contributed by atoms with Crippen molar-refractivity contribution in [2.24, 2.45) is 5.73 Å². The SMILES string of the molecule is COCCCCCCN. The van der Waals surface area contributed by atoms with Crippen molar-refractivity contribution in [1.29, 1.82) is 0 Å². The van der Waals surface area contributed by atoms with E-state index in [0.29, 0.717) is 0 Å². The smallest absolute Gasteiger partial charge is 0.0462 e. The van der Waals surface area contributed by atoms with Gasteiger partial charge in [0.2, 0.25) is 0 Å². The molecule has 0 aliphatic rings. The van der Waals surface area contributed by atoms with Crippen molar-refractivity contribution < 1.29 is 4.74 Å². The molecule has 0 spiro atoms. The molecule has 0 rings (SSSR count). The topological polar surface area (TPSA) is 35.2 Å². The number of hydrogen-bond donors (Lipinski definition) is 1. The summed E-state index contributed by atoms with van der Waals surface area (Å²) in [5, 5.41) is 0. The van der Waals surface area contributed by atoms with E-state index in [4.69, 9.17) is 10.5 Å². The van der Waals surface area contributed by atoms with E-state index in [1.54, 1.807) is 7.11 Å². The Kier molecular flexibility index (Phi) is 7.85. The van der Waals surface area contributed by atoms with Crippen LogP contribution in [0.4, 0.5) is 0 Å². The highest BCUT2D eigenvalue weighted by molar-refractivity contribution is 4.42. The van der Waals surface area contributed by atoms with E-state index in [1.807, 2.05) is 0 Å². The summed E-state index contributed by atoms with van der Waals surface area (Å²) in [5.74, 6) is 0. The number of unbranched alkanes of at least 4 members (excludes halogenated alkanes) is 3. The van der Waals surface area contributed by atoms with Crippen LogP contribution in [-0.4, -0.2) is 20.3 Å². The van der Waals surface area contributed by atoms with E-state index in [-0.39, 0.29) is 0 Å². The zero-order chi connectivity index (χ0) is 6.95. The molecule has 0 saturated heterocycles. The van der Waals surface area contributed by atoms with Gasteiger partial charge in [0.25, 0.3) is 0 Å². The minimum atomic E-state index is 0.826. The molecular weight excluding hydrogens is 114 g/mol. The van der Waals surface area contributed by atoms with E-state index in [1.165, 1.54) is 19.3 Å². The number of methoxy groups -OCH3 is 1. The van der Waals surface area contributed by atoms with Crippen molar-refractivity contribution in [2.75, 3.05) is 20.3 Å². The molecule has 0 aliphatic carbocycles. The minimum Gasteiger partial charge on any atom is -0.385 e. The fraction of sp³-hybridized carbons (Fsp3) is 1.00. The lowest BCUT2D eigenvalue weighted by Gasteiger charge is -1.97. The standard InChI is InChI=1S/C7H17NO/c1-9-7-5-3-2-4-6-8/h2-8H2,1H3. The highest BCUT2D eigenvalue weighted by atomic mass is 16.5. The summed E-state index contributed by atoms with van der Waals surface area (Å²) in [4.78, 5) is 0. The second-order valence-electron chi connectivity index (χ2n) is 2.20. The van der Waals surface area contributed by atoms with Gasteiger partial charge in [-0.25, -0.2) is 0 Å². The van der Waals surface area contributed by atoms with Gasteiger partial charge in [-0.2, -0.15) is 0 Å². The lowest BCUT2D eigenvalue weighted by atomic mass is 10.2. The first-order valence-corrected chi connectivity index (χ1v) is 3.61. The third kappa shape index (κ3) is 7.92. The van der Waals surface area contributed by atoms with Gasteiger partial charge in [0.15, 0.2) is 0 Å². The van der Waals surface area contributed by atoms with Crippen molar-refractivity contribution >= 4 is 0 Å². The molecule has 0 aromatic rings. The molecule has 0 saturated carbocycles. The van der Waals surface area contributed by atoms with Crippen LogP contribution in [0.3, 0.4) is 0 Å². The van der Waals surface area contributed by atoms with Gasteiger partial charge in [-0.15, -0.1) is 0 Å². The Hall–Kier alpha value is -0.0800. The van der Waals surface area contributed by atoms with E-state index >= 15 is 0 Å². The minimum absolute atomic E-state index is 0.826. The fourth-order valence-electron chi connectivity index (χ4n) is 0.744. The predicted molar refractivity (Wildman–Crippen MR) is 39.4 cm³/mol. The summed E-state index contributed by atoms with van der Waals surface area (Å²) in [5.41, 5.74) is 5.31. The van der Waals surface area contributed by atoms with Gasteiger partial charge in [0.1, 0.15) is 0 Å². The average molecular weight is 131 g/mol. The van der Waals surface area contributed by atoms with Gasteiger partial charge in [-0.1, -0.05) is 12.8 Å². The highest BCUT2D eigenvalue weighted by Crippen LogP contribution is 1.97. The lowest BCUT2D eigenvalue weighted by molar-refractivity contribution is 0.192. The molecular formula is C7H17NO. The Labute approximate surface area is 57.4 Å². The molecule has 0 amide bonds. The van der Waals surface area contributed by atoms with Crippen LogP contribution in [0.2, 0.25) is 0 Å². The van der Waals surface area contributed by atoms with Gasteiger partial charge in [-0.05, 0) is 19.4 Å². The Bertz CT molecular complexity index is 42.2. The molecule has 0 aliphatic heterocycles. The van der Waals surface area contributed by atoms with Crippen molar-refractivity contribution in [3.05, 3.63) is 0 Å². The van der Waals surface area contributed by atoms with Crippen LogP contribution in [0.25, 0.3) is 0 Å². The molecule has 0 atom stereocenters. The van der Waals surface area contributed by atoms with Crippen LogP contribution in [0.15, 0.2) is 0 Å². The van der Waals surface area contributed by atoms with Gasteiger partial charge in [0.05, 0.1) is 0 Å². The van der Waals surface area contributed by atoms with Gasteiger partial charge < -0.3 is 10.5 Å². The van der Waals surface area contributed by atoms with Crippen LogP contribution in [-0.2, 0) is 4.74 Å². The summed E-state index contributed by atoms with van der Waals surface area (Å²) in [6.07, 6.45) is 4.84. The predicted octanol–water partition coefficient (Wildman–Crippen LogP) is 1.15. The Morgan fingerprint density at radius 2 is 1.78 bits per heavy atom. The second-order valence-corrected chi connectivity index (χ2v) is 2.20. The van der Waals surface area contributed by atoms with Crippen LogP contribution >= 0.6 is 0 Å². The summed E-state index contributed by atoms with van der Waals surface area (Å²) < 4.78 is 4.89. The lowest BCUT2D eigenvalue weighted by Crippen LogP contribution is -1.98. The van der Waals surface area contributed by atoms with Crippen molar-refractivity contribution in [3.63, 3.8) is 0 Å². The fourth-order valence-corrected chi connectivity index (χ4v) is 0.744. The maximum absolute atomic E-state index is 5.31. The third-order valence-electron chi connectivity index (χ3n) is 1.30. The summed E-state index contributed by atoms with van der Waals surface area (Å²) in [6, 6.07) is 0. The third-order valence-corrected chi connectivity index (χ3v) is 1.30. The number of hydrogen-bond acceptors (Lipinski definition) is 2. The van der Waals surface area contributed by atoms with Crippen molar-refractivity contribution in [3.8, 4) is 0 Å². The van der Waals surface area contributed by atoms with E-state index < -0.39 is 0 Å². The molecule has 0 radical (unpaired) electrons.